The maximum atomic E-state index is 5.03. The first-order valence-corrected chi connectivity index (χ1v) is 3.98. The van der Waals surface area contributed by atoms with E-state index in [4.69, 9.17) is 12.2 Å². The van der Waals surface area contributed by atoms with Crippen LogP contribution in [0.2, 0.25) is 0 Å². The van der Waals surface area contributed by atoms with Crippen LogP contribution in [-0.2, 0) is 6.54 Å². The summed E-state index contributed by atoms with van der Waals surface area (Å²) in [5.74, 6) is 0. The van der Waals surface area contributed by atoms with Crippen molar-refractivity contribution in [2.45, 2.75) is 6.54 Å². The van der Waals surface area contributed by atoms with Crippen LogP contribution in [0.25, 0.3) is 0 Å². The largest absolute Gasteiger partial charge is 0.351 e. The van der Waals surface area contributed by atoms with E-state index in [0.29, 0.717) is 6.54 Å². The van der Waals surface area contributed by atoms with Crippen LogP contribution in [0.3, 0.4) is 0 Å². The molecule has 4 nitrogen and oxygen atoms in total. The van der Waals surface area contributed by atoms with Crippen LogP contribution in [0, 0.1) is 4.77 Å². The topological polar surface area (TPSA) is 49.4 Å². The summed E-state index contributed by atoms with van der Waals surface area (Å²) in [5, 5.41) is 0. The Bertz CT molecular complexity index is 397. The first-order chi connectivity index (χ1) is 5.86. The maximum absolute atomic E-state index is 5.03. The molecular weight excluding hydrogens is 172 g/mol. The van der Waals surface area contributed by atoms with Crippen LogP contribution in [-0.4, -0.2) is 19.5 Å². The molecule has 2 aromatic rings. The average Bonchev–Trinajstić information content (AvgIpc) is 2.65. The molecule has 5 heteroatoms. The molecule has 2 heterocycles. The summed E-state index contributed by atoms with van der Waals surface area (Å²) in [6.45, 7) is 0.714. The molecule has 0 atom stereocenters. The minimum absolute atomic E-state index is 0.714. The predicted molar refractivity (Wildman–Crippen MR) is 47.3 cm³/mol. The van der Waals surface area contributed by atoms with Gasteiger partial charge in [0.25, 0.3) is 0 Å². The molecule has 0 spiro atoms. The summed E-state index contributed by atoms with van der Waals surface area (Å²) < 4.78 is 2.64. The molecule has 12 heavy (non-hydrogen) atoms. The number of aromatic amines is 2. The standard InChI is InChI=1S/C7H8N4S/c12-7-9-1-2-11(7)4-6-3-8-5-10-6/h1-3,5H,4H2,(H,8,10)(H,9,12). The summed E-state index contributed by atoms with van der Waals surface area (Å²) in [5.41, 5.74) is 0.978. The molecular formula is C7H8N4S. The molecule has 0 radical (unpaired) electrons. The van der Waals surface area contributed by atoms with Crippen molar-refractivity contribution in [3.63, 3.8) is 0 Å². The second-order valence-corrected chi connectivity index (χ2v) is 2.84. The van der Waals surface area contributed by atoms with Crippen LogP contribution in [0.1, 0.15) is 5.69 Å². The molecule has 0 saturated heterocycles. The smallest absolute Gasteiger partial charge is 0.177 e. The fourth-order valence-electron chi connectivity index (χ4n) is 1.03. The first kappa shape index (κ1) is 7.30. The van der Waals surface area contributed by atoms with Crippen molar-refractivity contribution < 1.29 is 0 Å². The van der Waals surface area contributed by atoms with Crippen LogP contribution < -0.4 is 0 Å². The molecule has 0 saturated carbocycles. The Morgan fingerprint density at radius 1 is 1.58 bits per heavy atom. The third-order valence-corrected chi connectivity index (χ3v) is 1.96. The molecule has 2 rings (SSSR count). The zero-order valence-electron chi connectivity index (χ0n) is 6.32. The average molecular weight is 180 g/mol. The van der Waals surface area contributed by atoms with E-state index in [0.717, 1.165) is 10.5 Å². The van der Waals surface area contributed by atoms with Crippen LogP contribution in [0.15, 0.2) is 24.9 Å². The zero-order valence-corrected chi connectivity index (χ0v) is 7.14. The normalized spacial score (nSPS) is 10.3. The molecule has 0 fully saturated rings. The van der Waals surface area contributed by atoms with Gasteiger partial charge >= 0.3 is 0 Å². The van der Waals surface area contributed by atoms with Crippen molar-refractivity contribution >= 4 is 12.2 Å². The van der Waals surface area contributed by atoms with Gasteiger partial charge in [-0.15, -0.1) is 0 Å². The minimum atomic E-state index is 0.714. The van der Waals surface area contributed by atoms with Crippen LogP contribution in [0.4, 0.5) is 0 Å². The SMILES string of the molecule is S=c1[nH]ccn1Cc1c[nH]cn1. The first-order valence-electron chi connectivity index (χ1n) is 3.58. The molecule has 0 bridgehead atoms. The van der Waals surface area contributed by atoms with Gasteiger partial charge in [-0.3, -0.25) is 0 Å². The van der Waals surface area contributed by atoms with Crippen molar-refractivity contribution in [1.82, 2.24) is 19.5 Å². The molecule has 0 aromatic carbocycles. The van der Waals surface area contributed by atoms with E-state index in [9.17, 15) is 0 Å². The lowest BCUT2D eigenvalue weighted by Gasteiger charge is -1.96. The summed E-state index contributed by atoms with van der Waals surface area (Å²) in [6.07, 6.45) is 7.23. The summed E-state index contributed by atoms with van der Waals surface area (Å²) in [6, 6.07) is 0. The molecule has 0 amide bonds. The molecule has 0 aliphatic carbocycles. The van der Waals surface area contributed by atoms with E-state index in [1.807, 2.05) is 23.2 Å². The van der Waals surface area contributed by atoms with Crippen molar-refractivity contribution in [1.29, 1.82) is 0 Å². The van der Waals surface area contributed by atoms with Crippen molar-refractivity contribution in [2.24, 2.45) is 0 Å². The van der Waals surface area contributed by atoms with Gasteiger partial charge in [0.1, 0.15) is 0 Å². The Kier molecular flexibility index (Phi) is 1.79. The van der Waals surface area contributed by atoms with Crippen molar-refractivity contribution in [3.8, 4) is 0 Å². The molecule has 2 N–H and O–H groups in total. The van der Waals surface area contributed by atoms with Gasteiger partial charge in [-0.2, -0.15) is 0 Å². The Hall–Kier alpha value is -1.36. The molecule has 62 valence electrons. The number of nitrogens with one attached hydrogen (secondary N) is 2. The van der Waals surface area contributed by atoms with Gasteiger partial charge < -0.3 is 14.5 Å². The zero-order chi connectivity index (χ0) is 8.39. The highest BCUT2D eigenvalue weighted by molar-refractivity contribution is 7.71. The number of hydrogen-bond donors (Lipinski definition) is 2. The van der Waals surface area contributed by atoms with E-state index in [1.54, 1.807) is 6.33 Å². The van der Waals surface area contributed by atoms with Crippen molar-refractivity contribution in [2.75, 3.05) is 0 Å². The quantitative estimate of drug-likeness (QED) is 0.685. The summed E-state index contributed by atoms with van der Waals surface area (Å²) >= 11 is 5.03. The second kappa shape index (κ2) is 2.94. The third kappa shape index (κ3) is 1.31. The second-order valence-electron chi connectivity index (χ2n) is 2.45. The Balaban J connectivity index is 2.25. The van der Waals surface area contributed by atoms with E-state index in [-0.39, 0.29) is 0 Å². The third-order valence-electron chi connectivity index (χ3n) is 1.61. The predicted octanol–water partition coefficient (Wildman–Crippen LogP) is 1.32. The van der Waals surface area contributed by atoms with E-state index in [2.05, 4.69) is 15.0 Å². The molecule has 0 unspecified atom stereocenters. The lowest BCUT2D eigenvalue weighted by molar-refractivity contribution is 0.766. The lowest BCUT2D eigenvalue weighted by Crippen LogP contribution is -1.97. The van der Waals surface area contributed by atoms with Gasteiger partial charge in [0.2, 0.25) is 0 Å². The Labute approximate surface area is 74.3 Å². The molecule has 0 aliphatic heterocycles. The lowest BCUT2D eigenvalue weighted by atomic mass is 10.5. The highest BCUT2D eigenvalue weighted by Gasteiger charge is 1.96. The van der Waals surface area contributed by atoms with Gasteiger partial charge in [0.05, 0.1) is 18.6 Å². The fraction of sp³-hybridized carbons (Fsp3) is 0.143. The summed E-state index contributed by atoms with van der Waals surface area (Å²) in [7, 11) is 0. The van der Waals surface area contributed by atoms with Gasteiger partial charge in [-0.05, 0) is 12.2 Å². The number of hydrogen-bond acceptors (Lipinski definition) is 2. The number of imidazole rings is 2. The number of rotatable bonds is 2. The number of H-pyrrole nitrogens is 2. The molecule has 2 aromatic heterocycles. The Morgan fingerprint density at radius 2 is 2.50 bits per heavy atom. The van der Waals surface area contributed by atoms with Gasteiger partial charge in [-0.25, -0.2) is 4.98 Å². The highest BCUT2D eigenvalue weighted by atomic mass is 32.1. The summed E-state index contributed by atoms with van der Waals surface area (Å²) in [4.78, 5) is 9.91. The van der Waals surface area contributed by atoms with Crippen LogP contribution in [0.5, 0.6) is 0 Å². The number of nitrogens with zero attached hydrogens (tertiary/aromatic N) is 2. The van der Waals surface area contributed by atoms with Gasteiger partial charge in [0, 0.05) is 18.6 Å². The Morgan fingerprint density at radius 3 is 3.08 bits per heavy atom. The van der Waals surface area contributed by atoms with E-state index >= 15 is 0 Å². The maximum Gasteiger partial charge on any atom is 0.177 e. The van der Waals surface area contributed by atoms with E-state index < -0.39 is 0 Å². The van der Waals surface area contributed by atoms with E-state index in [1.165, 1.54) is 0 Å². The van der Waals surface area contributed by atoms with Crippen LogP contribution >= 0.6 is 12.2 Å². The minimum Gasteiger partial charge on any atom is -0.351 e. The van der Waals surface area contributed by atoms with Crippen molar-refractivity contribution in [3.05, 3.63) is 35.4 Å². The monoisotopic (exact) mass is 180 g/mol. The van der Waals surface area contributed by atoms with Gasteiger partial charge in [0.15, 0.2) is 4.77 Å². The number of aromatic nitrogens is 4. The highest BCUT2D eigenvalue weighted by Crippen LogP contribution is 1.97. The fourth-order valence-corrected chi connectivity index (χ4v) is 1.22. The molecule has 0 aliphatic rings. The van der Waals surface area contributed by atoms with Gasteiger partial charge in [-0.1, -0.05) is 0 Å².